The highest BCUT2D eigenvalue weighted by Gasteiger charge is 2.48. The number of nitrogens with one attached hydrogen (secondary N) is 1. The van der Waals surface area contributed by atoms with Crippen molar-refractivity contribution in [2.24, 2.45) is 11.8 Å². The van der Waals surface area contributed by atoms with Crippen molar-refractivity contribution in [1.82, 2.24) is 4.90 Å². The second kappa shape index (κ2) is 9.51. The topological polar surface area (TPSA) is 119 Å². The summed E-state index contributed by atoms with van der Waals surface area (Å²) in [5.41, 5.74) is 0.404. The number of rotatable bonds is 7. The van der Waals surface area contributed by atoms with Crippen LogP contribution < -0.4 is 5.32 Å². The van der Waals surface area contributed by atoms with Crippen LogP contribution >= 0.6 is 0 Å². The van der Waals surface area contributed by atoms with E-state index in [4.69, 9.17) is 9.47 Å². The Labute approximate surface area is 173 Å². The Morgan fingerprint density at radius 1 is 1.03 bits per heavy atom. The number of hydrogen-bond acceptors (Lipinski definition) is 7. The molecular formula is C21H24N2O7. The predicted molar refractivity (Wildman–Crippen MR) is 104 cm³/mol. The molecule has 1 N–H and O–H groups in total. The summed E-state index contributed by atoms with van der Waals surface area (Å²) in [6, 6.07) is 6.29. The second-order valence-corrected chi connectivity index (χ2v) is 7.23. The fraction of sp³-hybridized carbons (Fsp3) is 0.476. The molecule has 9 heteroatoms. The first-order valence-corrected chi connectivity index (χ1v) is 9.99. The molecule has 1 saturated heterocycles. The molecule has 3 rings (SSSR count). The smallest absolute Gasteiger partial charge is 0.340 e. The lowest BCUT2D eigenvalue weighted by atomic mass is 9.81. The number of fused-ring (bicyclic) bond motifs is 1. The number of carbonyl (C=O) groups is 5. The van der Waals surface area contributed by atoms with Crippen molar-refractivity contribution in [3.05, 3.63) is 29.8 Å². The van der Waals surface area contributed by atoms with Crippen LogP contribution in [0.25, 0.3) is 0 Å². The van der Waals surface area contributed by atoms with Gasteiger partial charge in [-0.05, 0) is 31.9 Å². The van der Waals surface area contributed by atoms with Crippen LogP contribution in [0.3, 0.4) is 0 Å². The first-order valence-electron chi connectivity index (χ1n) is 9.99. The number of nitrogens with zero attached hydrogens (tertiary/aromatic N) is 1. The summed E-state index contributed by atoms with van der Waals surface area (Å²) in [6.45, 7) is 0.744. The number of ether oxygens (including phenoxy) is 2. The fourth-order valence-corrected chi connectivity index (χ4v) is 3.87. The average molecular weight is 416 g/mol. The monoisotopic (exact) mass is 416 g/mol. The molecule has 0 unspecified atom stereocenters. The molecule has 1 aromatic carbocycles. The summed E-state index contributed by atoms with van der Waals surface area (Å²) in [5.74, 6) is -3.46. The van der Waals surface area contributed by atoms with Gasteiger partial charge >= 0.3 is 11.9 Å². The molecule has 0 bridgehead atoms. The summed E-state index contributed by atoms with van der Waals surface area (Å²) in [5, 5.41) is 2.49. The molecular weight excluding hydrogens is 392 g/mol. The van der Waals surface area contributed by atoms with Crippen LogP contribution in [-0.2, 0) is 28.7 Å². The zero-order valence-corrected chi connectivity index (χ0v) is 16.7. The van der Waals surface area contributed by atoms with Gasteiger partial charge in [0.2, 0.25) is 11.8 Å². The first-order chi connectivity index (χ1) is 14.4. The number of anilines is 1. The van der Waals surface area contributed by atoms with Gasteiger partial charge < -0.3 is 14.8 Å². The number of likely N-dealkylation sites (tertiary alicyclic amines) is 1. The van der Waals surface area contributed by atoms with Crippen molar-refractivity contribution in [3.63, 3.8) is 0 Å². The van der Waals surface area contributed by atoms with E-state index in [1.165, 1.54) is 12.1 Å². The highest BCUT2D eigenvalue weighted by Crippen LogP contribution is 2.37. The molecule has 2 fully saturated rings. The van der Waals surface area contributed by atoms with E-state index in [-0.39, 0.29) is 41.5 Å². The fourth-order valence-electron chi connectivity index (χ4n) is 3.87. The third-order valence-electron chi connectivity index (χ3n) is 5.28. The van der Waals surface area contributed by atoms with E-state index >= 15 is 0 Å². The zero-order valence-electron chi connectivity index (χ0n) is 16.7. The third kappa shape index (κ3) is 4.67. The highest BCUT2D eigenvalue weighted by atomic mass is 16.5. The lowest BCUT2D eigenvalue weighted by Crippen LogP contribution is -2.37. The molecule has 30 heavy (non-hydrogen) atoms. The molecule has 0 radical (unpaired) electrons. The van der Waals surface area contributed by atoms with E-state index in [0.717, 1.165) is 17.7 Å². The summed E-state index contributed by atoms with van der Waals surface area (Å²) < 4.78 is 9.86. The maximum Gasteiger partial charge on any atom is 0.340 e. The molecule has 1 heterocycles. The largest absolute Gasteiger partial charge is 0.462 e. The van der Waals surface area contributed by atoms with Crippen LogP contribution in [0.1, 0.15) is 43.0 Å². The molecule has 3 amide bonds. The maximum atomic E-state index is 12.4. The van der Waals surface area contributed by atoms with Gasteiger partial charge in [0.1, 0.15) is 6.54 Å². The van der Waals surface area contributed by atoms with Gasteiger partial charge in [-0.1, -0.05) is 25.0 Å². The number of hydrogen-bond donors (Lipinski definition) is 1. The zero-order chi connectivity index (χ0) is 21.7. The van der Waals surface area contributed by atoms with Gasteiger partial charge in [-0.25, -0.2) is 4.79 Å². The van der Waals surface area contributed by atoms with Crippen LogP contribution in [-0.4, -0.2) is 54.3 Å². The van der Waals surface area contributed by atoms with Crippen molar-refractivity contribution < 1.29 is 33.4 Å². The molecule has 160 valence electrons. The Morgan fingerprint density at radius 2 is 1.67 bits per heavy atom. The van der Waals surface area contributed by atoms with Gasteiger partial charge in [0, 0.05) is 0 Å². The molecule has 0 spiro atoms. The van der Waals surface area contributed by atoms with Crippen molar-refractivity contribution in [1.29, 1.82) is 0 Å². The van der Waals surface area contributed by atoms with Crippen LogP contribution in [0, 0.1) is 11.8 Å². The number of esters is 2. The van der Waals surface area contributed by atoms with E-state index in [2.05, 4.69) is 5.32 Å². The maximum absolute atomic E-state index is 12.4. The van der Waals surface area contributed by atoms with Crippen molar-refractivity contribution >= 4 is 35.3 Å². The number of benzene rings is 1. The Morgan fingerprint density at radius 3 is 2.30 bits per heavy atom. The standard InChI is InChI=1S/C21H24N2O7/c1-2-29-21(28)15-9-5-6-10-16(15)22-17(24)12-30-18(25)11-23-19(26)13-7-3-4-8-14(13)20(23)27/h5-6,9-10,13-14H,2-4,7-8,11-12H2,1H3,(H,22,24)/t13-,14-/m0/s1. The average Bonchev–Trinajstić information content (AvgIpc) is 2.98. The summed E-state index contributed by atoms with van der Waals surface area (Å²) in [6.07, 6.45) is 3.10. The SMILES string of the molecule is CCOC(=O)c1ccccc1NC(=O)COC(=O)CN1C(=O)[C@H]2CCCC[C@@H]2C1=O. The molecule has 2 atom stereocenters. The van der Waals surface area contributed by atoms with Gasteiger partial charge in [0.05, 0.1) is 29.7 Å². The molecule has 9 nitrogen and oxygen atoms in total. The van der Waals surface area contributed by atoms with Crippen LogP contribution in [0.4, 0.5) is 5.69 Å². The van der Waals surface area contributed by atoms with E-state index in [0.29, 0.717) is 12.8 Å². The van der Waals surface area contributed by atoms with Crippen LogP contribution in [0.15, 0.2) is 24.3 Å². The molecule has 0 aromatic heterocycles. The van der Waals surface area contributed by atoms with E-state index in [9.17, 15) is 24.0 Å². The van der Waals surface area contributed by atoms with Gasteiger partial charge in [-0.2, -0.15) is 0 Å². The Balaban J connectivity index is 1.52. The lowest BCUT2D eigenvalue weighted by molar-refractivity contribution is -0.154. The number of carbonyl (C=O) groups excluding carboxylic acids is 5. The summed E-state index contributed by atoms with van der Waals surface area (Å²) in [4.78, 5) is 61.9. The minimum Gasteiger partial charge on any atom is -0.462 e. The van der Waals surface area contributed by atoms with E-state index in [1.54, 1.807) is 19.1 Å². The van der Waals surface area contributed by atoms with Crippen molar-refractivity contribution in [2.75, 3.05) is 25.1 Å². The van der Waals surface area contributed by atoms with E-state index in [1.807, 2.05) is 0 Å². The van der Waals surface area contributed by atoms with Gasteiger partial charge in [0.15, 0.2) is 6.61 Å². The quantitative estimate of drug-likeness (QED) is 0.529. The predicted octanol–water partition coefficient (Wildman–Crippen LogP) is 1.52. The summed E-state index contributed by atoms with van der Waals surface area (Å²) in [7, 11) is 0. The van der Waals surface area contributed by atoms with Crippen molar-refractivity contribution in [2.45, 2.75) is 32.6 Å². The highest BCUT2D eigenvalue weighted by molar-refractivity contribution is 6.07. The number of imide groups is 1. The van der Waals surface area contributed by atoms with Gasteiger partial charge in [-0.3, -0.25) is 24.1 Å². The minimum atomic E-state index is -0.843. The molecule has 2 aliphatic rings. The Kier molecular flexibility index (Phi) is 6.81. The van der Waals surface area contributed by atoms with Crippen LogP contribution in [0.2, 0.25) is 0 Å². The minimum absolute atomic E-state index is 0.176. The summed E-state index contributed by atoms with van der Waals surface area (Å²) >= 11 is 0. The normalized spacial score (nSPS) is 20.5. The number of para-hydroxylation sites is 1. The Bertz CT molecular complexity index is 843. The molecule has 1 aliphatic carbocycles. The van der Waals surface area contributed by atoms with Crippen LogP contribution in [0.5, 0.6) is 0 Å². The van der Waals surface area contributed by atoms with Gasteiger partial charge in [-0.15, -0.1) is 0 Å². The molecule has 1 aliphatic heterocycles. The molecule has 1 aromatic rings. The Hall–Kier alpha value is -3.23. The first kappa shape index (κ1) is 21.5. The van der Waals surface area contributed by atoms with Crippen molar-refractivity contribution in [3.8, 4) is 0 Å². The molecule has 1 saturated carbocycles. The second-order valence-electron chi connectivity index (χ2n) is 7.23. The van der Waals surface area contributed by atoms with Gasteiger partial charge in [0.25, 0.3) is 5.91 Å². The number of amides is 3. The lowest BCUT2D eigenvalue weighted by Gasteiger charge is -2.19. The van der Waals surface area contributed by atoms with E-state index < -0.39 is 31.0 Å². The third-order valence-corrected chi connectivity index (χ3v) is 5.28.